The first-order chi connectivity index (χ1) is 10.2. The maximum absolute atomic E-state index is 12.0. The Balaban J connectivity index is 1.69. The molecular weight excluding hydrogens is 274 g/mol. The van der Waals surface area contributed by atoms with Crippen molar-refractivity contribution in [1.82, 2.24) is 19.6 Å². The van der Waals surface area contributed by atoms with E-state index in [9.17, 15) is 9.59 Å². The van der Waals surface area contributed by atoms with E-state index in [-0.39, 0.29) is 18.1 Å². The number of hydrogen-bond donors (Lipinski definition) is 2. The highest BCUT2D eigenvalue weighted by Crippen LogP contribution is 2.03. The molecule has 8 nitrogen and oxygen atoms in total. The van der Waals surface area contributed by atoms with Gasteiger partial charge < -0.3 is 4.74 Å². The third-order valence-electron chi connectivity index (χ3n) is 2.76. The van der Waals surface area contributed by atoms with Crippen LogP contribution in [0.15, 0.2) is 47.7 Å². The number of amides is 1. The van der Waals surface area contributed by atoms with Gasteiger partial charge in [-0.2, -0.15) is 4.52 Å². The minimum absolute atomic E-state index is 0.00908. The molecule has 0 radical (unpaired) electrons. The standard InChI is InChI=1S/C13H11N5O3/c19-11-10(6-14-12-15-8-16-18(11)12)17-13(20)21-7-9-4-2-1-3-5-9/h1-6,8H,7H2,(H,17,20)(H,14,15,16). The normalized spacial score (nSPS) is 10.5. The van der Waals surface area contributed by atoms with E-state index in [4.69, 9.17) is 4.74 Å². The number of H-pyrrole nitrogens is 1. The van der Waals surface area contributed by atoms with E-state index in [1.165, 1.54) is 12.5 Å². The lowest BCUT2D eigenvalue weighted by Gasteiger charge is -2.06. The van der Waals surface area contributed by atoms with E-state index in [2.05, 4.69) is 20.4 Å². The molecule has 2 heterocycles. The van der Waals surface area contributed by atoms with Crippen molar-refractivity contribution < 1.29 is 9.53 Å². The zero-order valence-corrected chi connectivity index (χ0v) is 10.8. The molecule has 1 amide bonds. The Labute approximate surface area is 118 Å². The summed E-state index contributed by atoms with van der Waals surface area (Å²) >= 11 is 0. The van der Waals surface area contributed by atoms with Crippen molar-refractivity contribution in [1.29, 1.82) is 0 Å². The number of nitrogens with zero attached hydrogens (tertiary/aromatic N) is 3. The molecule has 3 rings (SSSR count). The van der Waals surface area contributed by atoms with Crippen molar-refractivity contribution >= 4 is 17.6 Å². The second-order valence-corrected chi connectivity index (χ2v) is 4.19. The minimum Gasteiger partial charge on any atom is -0.444 e. The summed E-state index contributed by atoms with van der Waals surface area (Å²) in [5, 5.41) is 4.96. The average molecular weight is 285 g/mol. The predicted molar refractivity (Wildman–Crippen MR) is 73.9 cm³/mol. The van der Waals surface area contributed by atoms with Crippen molar-refractivity contribution in [3.63, 3.8) is 0 Å². The van der Waals surface area contributed by atoms with Gasteiger partial charge >= 0.3 is 6.09 Å². The van der Waals surface area contributed by atoms with Crippen LogP contribution in [0.4, 0.5) is 10.5 Å². The van der Waals surface area contributed by atoms with Gasteiger partial charge in [0.2, 0.25) is 0 Å². The van der Waals surface area contributed by atoms with Gasteiger partial charge in [-0.15, -0.1) is 0 Å². The number of nitrogens with one attached hydrogen (secondary N) is 2. The number of aromatic amines is 1. The summed E-state index contributed by atoms with van der Waals surface area (Å²) in [6, 6.07) is 9.23. The minimum atomic E-state index is -0.725. The Bertz CT molecular complexity index is 824. The van der Waals surface area contributed by atoms with E-state index in [0.717, 1.165) is 10.1 Å². The number of carbonyl (C=O) groups excluding carboxylic acids is 1. The fourth-order valence-electron chi connectivity index (χ4n) is 1.75. The molecule has 0 atom stereocenters. The molecule has 3 aromatic rings. The first kappa shape index (κ1) is 12.9. The summed E-state index contributed by atoms with van der Waals surface area (Å²) in [6.45, 7) is 0.119. The Morgan fingerprint density at radius 1 is 1.29 bits per heavy atom. The molecule has 0 saturated heterocycles. The van der Waals surface area contributed by atoms with E-state index in [1.54, 1.807) is 0 Å². The van der Waals surface area contributed by atoms with Crippen LogP contribution in [-0.4, -0.2) is 25.7 Å². The fourth-order valence-corrected chi connectivity index (χ4v) is 1.75. The molecule has 8 heteroatoms. The second kappa shape index (κ2) is 5.45. The van der Waals surface area contributed by atoms with Crippen LogP contribution >= 0.6 is 0 Å². The van der Waals surface area contributed by atoms with Gasteiger partial charge in [0.05, 0.1) is 6.20 Å². The number of carbonyl (C=O) groups is 1. The van der Waals surface area contributed by atoms with Crippen molar-refractivity contribution in [2.24, 2.45) is 0 Å². The molecule has 0 spiro atoms. The number of ether oxygens (including phenoxy) is 1. The number of benzene rings is 1. The molecule has 0 bridgehead atoms. The molecule has 2 N–H and O–H groups in total. The van der Waals surface area contributed by atoms with Gasteiger partial charge in [0.1, 0.15) is 18.6 Å². The van der Waals surface area contributed by atoms with Crippen LogP contribution in [0.2, 0.25) is 0 Å². The Morgan fingerprint density at radius 3 is 2.90 bits per heavy atom. The summed E-state index contributed by atoms with van der Waals surface area (Å²) < 4.78 is 6.15. The van der Waals surface area contributed by atoms with Crippen molar-refractivity contribution in [2.75, 3.05) is 5.32 Å². The van der Waals surface area contributed by atoms with Crippen LogP contribution in [0.5, 0.6) is 0 Å². The SMILES string of the molecule is O=C(Nc1cnc2nc[nH]n2c1=O)OCc1ccccc1. The molecule has 1 aromatic carbocycles. The fraction of sp³-hybridized carbons (Fsp3) is 0.0769. The predicted octanol–water partition coefficient (Wildman–Crippen LogP) is 1.17. The van der Waals surface area contributed by atoms with Gasteiger partial charge in [-0.3, -0.25) is 15.2 Å². The van der Waals surface area contributed by atoms with E-state index < -0.39 is 11.7 Å². The molecule has 0 saturated carbocycles. The summed E-state index contributed by atoms with van der Waals surface area (Å²) in [4.78, 5) is 31.4. The quantitative estimate of drug-likeness (QED) is 0.752. The number of rotatable bonds is 3. The molecule has 2 aromatic heterocycles. The molecule has 21 heavy (non-hydrogen) atoms. The van der Waals surface area contributed by atoms with Crippen LogP contribution in [-0.2, 0) is 11.3 Å². The van der Waals surface area contributed by atoms with E-state index in [0.29, 0.717) is 0 Å². The highest BCUT2D eigenvalue weighted by molar-refractivity contribution is 5.84. The van der Waals surface area contributed by atoms with E-state index in [1.807, 2.05) is 30.3 Å². The lowest BCUT2D eigenvalue weighted by molar-refractivity contribution is 0.155. The number of hydrogen-bond acceptors (Lipinski definition) is 5. The Kier molecular flexibility index (Phi) is 3.34. The van der Waals surface area contributed by atoms with Crippen molar-refractivity contribution in [3.8, 4) is 0 Å². The summed E-state index contributed by atoms with van der Waals surface area (Å²) in [5.41, 5.74) is 0.399. The van der Waals surface area contributed by atoms with Gasteiger partial charge in [0.25, 0.3) is 11.3 Å². The maximum Gasteiger partial charge on any atom is 0.412 e. The van der Waals surface area contributed by atoms with Crippen LogP contribution in [0.25, 0.3) is 5.78 Å². The Hall–Kier alpha value is -3.16. The third-order valence-corrected chi connectivity index (χ3v) is 2.76. The van der Waals surface area contributed by atoms with Crippen LogP contribution in [0.3, 0.4) is 0 Å². The van der Waals surface area contributed by atoms with Crippen LogP contribution in [0, 0.1) is 0 Å². The van der Waals surface area contributed by atoms with Gasteiger partial charge in [0, 0.05) is 0 Å². The topological polar surface area (TPSA) is 101 Å². The van der Waals surface area contributed by atoms with Gasteiger partial charge in [-0.05, 0) is 5.56 Å². The van der Waals surface area contributed by atoms with Gasteiger partial charge in [-0.25, -0.2) is 14.8 Å². The van der Waals surface area contributed by atoms with Gasteiger partial charge in [-0.1, -0.05) is 30.3 Å². The maximum atomic E-state index is 12.0. The summed E-state index contributed by atoms with van der Waals surface area (Å²) in [6.07, 6.45) is 1.85. The number of anilines is 1. The Morgan fingerprint density at radius 2 is 2.10 bits per heavy atom. The van der Waals surface area contributed by atoms with Gasteiger partial charge in [0.15, 0.2) is 0 Å². The monoisotopic (exact) mass is 285 g/mol. The first-order valence-electron chi connectivity index (χ1n) is 6.13. The molecule has 0 aliphatic heterocycles. The van der Waals surface area contributed by atoms with Crippen LogP contribution in [0.1, 0.15) is 5.56 Å². The van der Waals surface area contributed by atoms with Crippen molar-refractivity contribution in [3.05, 3.63) is 58.8 Å². The van der Waals surface area contributed by atoms with Crippen molar-refractivity contribution in [2.45, 2.75) is 6.61 Å². The summed E-state index contributed by atoms with van der Waals surface area (Å²) in [5.74, 6) is 0.225. The first-order valence-corrected chi connectivity index (χ1v) is 6.13. The lowest BCUT2D eigenvalue weighted by atomic mass is 10.2. The zero-order valence-electron chi connectivity index (χ0n) is 10.8. The van der Waals surface area contributed by atoms with E-state index >= 15 is 0 Å². The lowest BCUT2D eigenvalue weighted by Crippen LogP contribution is -2.24. The average Bonchev–Trinajstić information content (AvgIpc) is 2.98. The molecule has 0 unspecified atom stereocenters. The smallest absolute Gasteiger partial charge is 0.412 e. The number of aromatic nitrogens is 4. The summed E-state index contributed by atoms with van der Waals surface area (Å²) in [7, 11) is 0. The highest BCUT2D eigenvalue weighted by Gasteiger charge is 2.10. The second-order valence-electron chi connectivity index (χ2n) is 4.19. The van der Waals surface area contributed by atoms with Crippen LogP contribution < -0.4 is 10.9 Å². The number of fused-ring (bicyclic) bond motifs is 1. The molecule has 0 aliphatic rings. The molecular formula is C13H11N5O3. The molecule has 0 aliphatic carbocycles. The zero-order chi connectivity index (χ0) is 14.7. The third kappa shape index (κ3) is 2.73. The largest absolute Gasteiger partial charge is 0.444 e. The highest BCUT2D eigenvalue weighted by atomic mass is 16.5. The molecule has 0 fully saturated rings. The molecule has 106 valence electrons.